The molecule has 3 heterocycles. The van der Waals surface area contributed by atoms with Gasteiger partial charge in [-0.25, -0.2) is 13.4 Å². The van der Waals surface area contributed by atoms with E-state index in [1.807, 2.05) is 0 Å². The number of nitrogens with two attached hydrogens (primary N) is 1. The number of aromatic nitrogens is 1. The molecule has 0 spiro atoms. The van der Waals surface area contributed by atoms with Crippen LogP contribution >= 0.6 is 0 Å². The predicted octanol–water partition coefficient (Wildman–Crippen LogP) is 0.523. The van der Waals surface area contributed by atoms with Crippen molar-refractivity contribution in [2.24, 2.45) is 0 Å². The number of rotatable bonds is 2. The van der Waals surface area contributed by atoms with E-state index in [0.29, 0.717) is 19.1 Å². The lowest BCUT2D eigenvalue weighted by Gasteiger charge is -2.25. The third kappa shape index (κ3) is 2.53. The number of fused-ring (bicyclic) bond motifs is 1. The van der Waals surface area contributed by atoms with Crippen LogP contribution in [0.3, 0.4) is 0 Å². The van der Waals surface area contributed by atoms with Gasteiger partial charge in [0.05, 0.1) is 4.90 Å². The Hall–Kier alpha value is -1.18. The smallest absolute Gasteiger partial charge is 0.243 e. The Morgan fingerprint density at radius 3 is 2.85 bits per heavy atom. The summed E-state index contributed by atoms with van der Waals surface area (Å²) in [6.45, 7) is 3.26. The lowest BCUT2D eigenvalue weighted by atomic mass is 10.2. The van der Waals surface area contributed by atoms with Crippen molar-refractivity contribution in [1.29, 1.82) is 0 Å². The minimum atomic E-state index is -3.46. The monoisotopic (exact) mass is 296 g/mol. The molecule has 3 rings (SSSR count). The van der Waals surface area contributed by atoms with Crippen LogP contribution in [-0.4, -0.2) is 54.8 Å². The molecule has 7 heteroatoms. The van der Waals surface area contributed by atoms with E-state index in [1.54, 1.807) is 4.31 Å². The van der Waals surface area contributed by atoms with Crippen molar-refractivity contribution in [1.82, 2.24) is 14.2 Å². The molecular weight excluding hydrogens is 276 g/mol. The average Bonchev–Trinajstić information content (AvgIpc) is 2.75. The van der Waals surface area contributed by atoms with Crippen LogP contribution in [0.25, 0.3) is 0 Å². The van der Waals surface area contributed by atoms with E-state index < -0.39 is 10.0 Å². The van der Waals surface area contributed by atoms with Gasteiger partial charge in [0, 0.05) is 31.4 Å². The van der Waals surface area contributed by atoms with E-state index in [4.69, 9.17) is 5.73 Å². The average molecular weight is 296 g/mol. The van der Waals surface area contributed by atoms with Gasteiger partial charge >= 0.3 is 0 Å². The highest BCUT2D eigenvalue weighted by Crippen LogP contribution is 2.25. The summed E-state index contributed by atoms with van der Waals surface area (Å²) in [6, 6.07) is 3.32. The molecule has 0 radical (unpaired) electrons. The Bertz CT molecular complexity index is 590. The molecule has 20 heavy (non-hydrogen) atoms. The molecule has 1 aromatic heterocycles. The number of hydrogen-bond acceptors (Lipinski definition) is 5. The minimum absolute atomic E-state index is 0.239. The van der Waals surface area contributed by atoms with Gasteiger partial charge in [-0.2, -0.15) is 4.31 Å². The normalized spacial score (nSPS) is 25.3. The van der Waals surface area contributed by atoms with Crippen molar-refractivity contribution < 1.29 is 8.42 Å². The van der Waals surface area contributed by atoms with E-state index in [9.17, 15) is 8.42 Å². The molecule has 2 fully saturated rings. The van der Waals surface area contributed by atoms with Gasteiger partial charge in [0.25, 0.3) is 0 Å². The summed E-state index contributed by atoms with van der Waals surface area (Å²) in [6.07, 6.45) is 4.59. The molecule has 0 saturated carbocycles. The number of anilines is 1. The fraction of sp³-hybridized carbons (Fsp3) is 0.615. The van der Waals surface area contributed by atoms with Crippen LogP contribution in [0.1, 0.15) is 19.3 Å². The minimum Gasteiger partial charge on any atom is -0.384 e. The van der Waals surface area contributed by atoms with Gasteiger partial charge in [-0.1, -0.05) is 0 Å². The van der Waals surface area contributed by atoms with Crippen molar-refractivity contribution >= 4 is 15.8 Å². The number of nitrogens with zero attached hydrogens (tertiary/aromatic N) is 3. The van der Waals surface area contributed by atoms with Gasteiger partial charge in [0.1, 0.15) is 5.82 Å². The molecule has 2 N–H and O–H groups in total. The zero-order valence-corrected chi connectivity index (χ0v) is 12.2. The Morgan fingerprint density at radius 2 is 2.05 bits per heavy atom. The van der Waals surface area contributed by atoms with Gasteiger partial charge < -0.3 is 5.73 Å². The third-order valence-electron chi connectivity index (χ3n) is 4.16. The largest absolute Gasteiger partial charge is 0.384 e. The van der Waals surface area contributed by atoms with Crippen molar-refractivity contribution in [2.75, 3.05) is 31.9 Å². The van der Waals surface area contributed by atoms with Gasteiger partial charge in [0.15, 0.2) is 0 Å². The quantitative estimate of drug-likeness (QED) is 0.861. The number of sulfonamides is 1. The molecule has 1 unspecified atom stereocenters. The lowest BCUT2D eigenvalue weighted by molar-refractivity contribution is 0.257. The first-order chi connectivity index (χ1) is 9.57. The molecule has 1 atom stereocenters. The summed E-state index contributed by atoms with van der Waals surface area (Å²) in [5, 5.41) is 0. The molecule has 2 aliphatic heterocycles. The Balaban J connectivity index is 1.87. The molecule has 2 saturated heterocycles. The van der Waals surface area contributed by atoms with Crippen LogP contribution in [0.2, 0.25) is 0 Å². The summed E-state index contributed by atoms with van der Waals surface area (Å²) < 4.78 is 27.0. The first-order valence-corrected chi connectivity index (χ1v) is 8.47. The molecule has 0 aliphatic carbocycles. The highest BCUT2D eigenvalue weighted by atomic mass is 32.2. The number of nitrogen functional groups attached to an aromatic ring is 1. The van der Waals surface area contributed by atoms with E-state index >= 15 is 0 Å². The highest BCUT2D eigenvalue weighted by molar-refractivity contribution is 7.89. The summed E-state index contributed by atoms with van der Waals surface area (Å²) in [7, 11) is -3.46. The molecule has 0 amide bonds. The molecule has 0 bridgehead atoms. The molecule has 110 valence electrons. The van der Waals surface area contributed by atoms with Gasteiger partial charge in [-0.15, -0.1) is 0 Å². The second-order valence-electron chi connectivity index (χ2n) is 5.47. The fourth-order valence-electron chi connectivity index (χ4n) is 3.13. The van der Waals surface area contributed by atoms with Crippen molar-refractivity contribution in [2.45, 2.75) is 30.2 Å². The first kappa shape index (κ1) is 13.8. The SMILES string of the molecule is Nc1cc(S(=O)(=O)N2CCCN3CCCC3C2)ccn1. The summed E-state index contributed by atoms with van der Waals surface area (Å²) >= 11 is 0. The Morgan fingerprint density at radius 1 is 1.25 bits per heavy atom. The van der Waals surface area contributed by atoms with Crippen molar-refractivity contribution in [3.8, 4) is 0 Å². The molecule has 6 nitrogen and oxygen atoms in total. The summed E-state index contributed by atoms with van der Waals surface area (Å²) in [4.78, 5) is 6.52. The molecular formula is C13H20N4O2S. The third-order valence-corrected chi connectivity index (χ3v) is 6.02. The predicted molar refractivity (Wildman–Crippen MR) is 76.6 cm³/mol. The van der Waals surface area contributed by atoms with E-state index in [2.05, 4.69) is 9.88 Å². The molecule has 0 aromatic carbocycles. The zero-order valence-electron chi connectivity index (χ0n) is 11.4. The Labute approximate surface area is 119 Å². The maximum atomic E-state index is 12.7. The maximum absolute atomic E-state index is 12.7. The van der Waals surface area contributed by atoms with Crippen LogP contribution < -0.4 is 5.73 Å². The van der Waals surface area contributed by atoms with Crippen LogP contribution in [0.4, 0.5) is 5.82 Å². The van der Waals surface area contributed by atoms with E-state index in [0.717, 1.165) is 25.9 Å². The summed E-state index contributed by atoms with van der Waals surface area (Å²) in [5.74, 6) is 0.239. The summed E-state index contributed by atoms with van der Waals surface area (Å²) in [5.41, 5.74) is 5.60. The standard InChI is InChI=1S/C13H20N4O2S/c14-13-9-12(4-5-15-13)20(18,19)17-8-2-7-16-6-1-3-11(16)10-17/h4-5,9,11H,1-3,6-8,10H2,(H2,14,15). The molecule has 2 aliphatic rings. The topological polar surface area (TPSA) is 79.5 Å². The Kier molecular flexibility index (Phi) is 3.66. The molecule has 1 aromatic rings. The van der Waals surface area contributed by atoms with Crippen LogP contribution in [0.15, 0.2) is 23.2 Å². The second kappa shape index (κ2) is 5.31. The van der Waals surface area contributed by atoms with Crippen molar-refractivity contribution in [3.63, 3.8) is 0 Å². The van der Waals surface area contributed by atoms with Crippen LogP contribution in [0.5, 0.6) is 0 Å². The fourth-order valence-corrected chi connectivity index (χ4v) is 4.67. The first-order valence-electron chi connectivity index (χ1n) is 7.03. The highest BCUT2D eigenvalue weighted by Gasteiger charge is 2.34. The van der Waals surface area contributed by atoms with Crippen molar-refractivity contribution in [3.05, 3.63) is 18.3 Å². The zero-order chi connectivity index (χ0) is 14.2. The van der Waals surface area contributed by atoms with E-state index in [1.165, 1.54) is 24.8 Å². The van der Waals surface area contributed by atoms with Crippen LogP contribution in [-0.2, 0) is 10.0 Å². The van der Waals surface area contributed by atoms with Gasteiger partial charge in [-0.3, -0.25) is 4.90 Å². The van der Waals surface area contributed by atoms with Crippen LogP contribution in [0, 0.1) is 0 Å². The lowest BCUT2D eigenvalue weighted by Crippen LogP contribution is -2.39. The maximum Gasteiger partial charge on any atom is 0.243 e. The van der Waals surface area contributed by atoms with E-state index in [-0.39, 0.29) is 10.7 Å². The van der Waals surface area contributed by atoms with Gasteiger partial charge in [-0.05, 0) is 38.4 Å². The van der Waals surface area contributed by atoms with Gasteiger partial charge in [0.2, 0.25) is 10.0 Å². The second-order valence-corrected chi connectivity index (χ2v) is 7.40. The number of hydrogen-bond donors (Lipinski definition) is 1. The number of pyridine rings is 1.